The number of aryl methyl sites for hydroxylation is 4. The van der Waals surface area contributed by atoms with Gasteiger partial charge in [0.15, 0.2) is 0 Å². The molecule has 5 nitrogen and oxygen atoms in total. The molecule has 1 fully saturated rings. The van der Waals surface area contributed by atoms with E-state index in [-0.39, 0.29) is 28.0 Å². The van der Waals surface area contributed by atoms with Crippen LogP contribution in [0, 0.1) is 45.7 Å². The topological polar surface area (TPSA) is 61.0 Å². The summed E-state index contributed by atoms with van der Waals surface area (Å²) in [6.07, 6.45) is 6.24. The Bertz CT molecular complexity index is 3540. The molecule has 5 heteroatoms. The van der Waals surface area contributed by atoms with Crippen LogP contribution in [0.4, 0.5) is 0 Å². The zero-order valence-electron chi connectivity index (χ0n) is 45.7. The van der Waals surface area contributed by atoms with E-state index in [1.807, 2.05) is 92.0 Å². The highest BCUT2D eigenvalue weighted by molar-refractivity contribution is 6.09. The Morgan fingerprint density at radius 1 is 0.641 bits per heavy atom. The summed E-state index contributed by atoms with van der Waals surface area (Å²) in [5.74, 6) is 1.03. The Kier molecular flexibility index (Phi) is 8.16. The van der Waals surface area contributed by atoms with Crippen LogP contribution >= 0.6 is 0 Å². The van der Waals surface area contributed by atoms with Crippen LogP contribution in [0.2, 0.25) is 0 Å². The molecule has 0 aliphatic heterocycles. The van der Waals surface area contributed by atoms with E-state index in [1.165, 1.54) is 17.7 Å². The number of aromatic nitrogens is 3. The predicted molar refractivity (Wildman–Crippen MR) is 264 cm³/mol. The fourth-order valence-electron chi connectivity index (χ4n) is 9.71. The first-order valence-corrected chi connectivity index (χ1v) is 22.0. The van der Waals surface area contributed by atoms with E-state index in [4.69, 9.17) is 31.5 Å². The quantitative estimate of drug-likeness (QED) is 0.152. The highest BCUT2D eigenvalue weighted by Gasteiger charge is 2.34. The van der Waals surface area contributed by atoms with Crippen LogP contribution in [-0.2, 0) is 0 Å². The molecule has 318 valence electrons. The van der Waals surface area contributed by atoms with Gasteiger partial charge < -0.3 is 9.15 Å². The van der Waals surface area contributed by atoms with Crippen molar-refractivity contribution in [3.05, 3.63) is 173 Å². The summed E-state index contributed by atoms with van der Waals surface area (Å²) in [6, 6.07) is 39.9. The number of benzene rings is 5. The third-order valence-electron chi connectivity index (χ3n) is 13.1. The van der Waals surface area contributed by atoms with Crippen molar-refractivity contribution >= 4 is 22.1 Å². The van der Waals surface area contributed by atoms with Crippen LogP contribution < -0.4 is 4.74 Å². The van der Waals surface area contributed by atoms with Crippen LogP contribution in [0.3, 0.4) is 0 Å². The summed E-state index contributed by atoms with van der Waals surface area (Å²) in [4.78, 5) is 14.2. The summed E-state index contributed by atoms with van der Waals surface area (Å²) < 4.78 is 90.2. The normalized spacial score (nSPS) is 18.7. The number of ether oxygens (including phenoxy) is 1. The highest BCUT2D eigenvalue weighted by Crippen LogP contribution is 2.48. The number of hydrogen-bond donors (Lipinski definition) is 0. The zero-order valence-corrected chi connectivity index (χ0v) is 36.7. The van der Waals surface area contributed by atoms with E-state index in [0.29, 0.717) is 62.2 Å². The van der Waals surface area contributed by atoms with E-state index in [1.54, 1.807) is 6.07 Å². The van der Waals surface area contributed by atoms with Gasteiger partial charge in [-0.3, -0.25) is 9.97 Å². The van der Waals surface area contributed by atoms with Crippen molar-refractivity contribution in [3.8, 4) is 67.4 Å². The lowest BCUT2D eigenvalue weighted by Crippen LogP contribution is -2.27. The zero-order chi connectivity index (χ0) is 51.8. The average molecular weight is 847 g/mol. The first-order chi connectivity index (χ1) is 34.5. The molecule has 1 aliphatic carbocycles. The maximum atomic E-state index is 9.09. The SMILES string of the molecule is [2H]C([2H])([2H])c1cnc(-c2cc(Oc3cc(-c4cc(C5CCC(C)(C)CC5C)c(C)cn4)c4oc5nc(C)ccc5c4c3)c(C([2H])([2H])[2H])c(-c3ccc(-c4ccc(-c5ccccc5)cc4)cc3)c2)cc1C([2H])([2H])[2H]. The molecule has 10 rings (SSSR count). The Morgan fingerprint density at radius 2 is 1.33 bits per heavy atom. The van der Waals surface area contributed by atoms with E-state index >= 15 is 0 Å². The van der Waals surface area contributed by atoms with Crippen molar-refractivity contribution in [2.75, 3.05) is 0 Å². The second kappa shape index (κ2) is 16.4. The van der Waals surface area contributed by atoms with Crippen LogP contribution in [0.5, 0.6) is 11.5 Å². The largest absolute Gasteiger partial charge is 0.457 e. The third-order valence-corrected chi connectivity index (χ3v) is 13.1. The Hall–Kier alpha value is -6.85. The van der Waals surface area contributed by atoms with Gasteiger partial charge in [0, 0.05) is 52.3 Å². The van der Waals surface area contributed by atoms with Gasteiger partial charge in [-0.15, -0.1) is 0 Å². The van der Waals surface area contributed by atoms with E-state index in [2.05, 4.69) is 63.0 Å². The molecule has 2 unspecified atom stereocenters. The summed E-state index contributed by atoms with van der Waals surface area (Å²) in [6.45, 7) is 2.69. The number of nitrogens with zero attached hydrogens (tertiary/aromatic N) is 3. The molecule has 5 aromatic carbocycles. The molecule has 0 radical (unpaired) electrons. The molecule has 0 spiro atoms. The van der Waals surface area contributed by atoms with Crippen molar-refractivity contribution in [1.82, 2.24) is 15.0 Å². The standard InChI is InChI=1S/C59H55N3O2/c1-35-26-54(60-33-37(35)3)46-27-51(45-21-19-44(20-22-45)43-17-15-42(16-18-43)41-12-10-9-11-13-41)40(6)56(28-46)63-47-29-52-49-23-14-39(5)62-58(49)64-57(52)53(30-47)55-31-50(38(4)34-61-55)48-24-25-59(7,8)32-36(48)2/h9-23,26-31,33-34,36,48H,24-25,32H2,1-8H3/i1D3,3D3,6D3. The molecule has 4 aromatic heterocycles. The Labute approximate surface area is 389 Å². The van der Waals surface area contributed by atoms with Gasteiger partial charge in [0.1, 0.15) is 17.1 Å². The summed E-state index contributed by atoms with van der Waals surface area (Å²) in [5, 5.41) is 1.42. The molecule has 0 bridgehead atoms. The van der Waals surface area contributed by atoms with Gasteiger partial charge in [0.25, 0.3) is 0 Å². The summed E-state index contributed by atoms with van der Waals surface area (Å²) >= 11 is 0. The minimum absolute atomic E-state index is 0.0338. The van der Waals surface area contributed by atoms with E-state index < -0.39 is 26.1 Å². The second-order valence-corrected chi connectivity index (χ2v) is 18.3. The molecule has 2 atom stereocenters. The molecule has 64 heavy (non-hydrogen) atoms. The van der Waals surface area contributed by atoms with Crippen LogP contribution in [0.25, 0.3) is 78.0 Å². The first kappa shape index (κ1) is 31.9. The van der Waals surface area contributed by atoms with Gasteiger partial charge >= 0.3 is 0 Å². The molecular formula is C59H55N3O2. The fraction of sp³-hybridized carbons (Fsp3) is 0.237. The monoisotopic (exact) mass is 846 g/mol. The molecule has 0 saturated heterocycles. The number of hydrogen-bond acceptors (Lipinski definition) is 5. The highest BCUT2D eigenvalue weighted by atomic mass is 16.5. The van der Waals surface area contributed by atoms with E-state index in [0.717, 1.165) is 64.4 Å². The first-order valence-electron chi connectivity index (χ1n) is 26.5. The smallest absolute Gasteiger partial charge is 0.227 e. The molecule has 1 saturated carbocycles. The van der Waals surface area contributed by atoms with Gasteiger partial charge in [-0.1, -0.05) is 99.6 Å². The molecule has 4 heterocycles. The minimum Gasteiger partial charge on any atom is -0.457 e. The number of furan rings is 1. The molecule has 9 aromatic rings. The van der Waals surface area contributed by atoms with Crippen LogP contribution in [0.1, 0.15) is 91.8 Å². The van der Waals surface area contributed by atoms with Gasteiger partial charge in [0.2, 0.25) is 5.71 Å². The molecule has 0 N–H and O–H groups in total. The van der Waals surface area contributed by atoms with Crippen molar-refractivity contribution in [2.24, 2.45) is 11.3 Å². The average Bonchev–Trinajstić information content (AvgIpc) is 3.70. The van der Waals surface area contributed by atoms with Crippen LogP contribution in [0.15, 0.2) is 144 Å². The minimum atomic E-state index is -2.81. The summed E-state index contributed by atoms with van der Waals surface area (Å²) in [5.41, 5.74) is 10.1. The molecule has 0 amide bonds. The summed E-state index contributed by atoms with van der Waals surface area (Å²) in [7, 11) is 0. The van der Waals surface area contributed by atoms with Crippen molar-refractivity contribution in [1.29, 1.82) is 0 Å². The maximum absolute atomic E-state index is 9.09. The number of pyridine rings is 3. The van der Waals surface area contributed by atoms with Crippen molar-refractivity contribution < 1.29 is 21.5 Å². The van der Waals surface area contributed by atoms with Gasteiger partial charge in [-0.05, 0) is 181 Å². The second-order valence-electron chi connectivity index (χ2n) is 18.3. The number of fused-ring (bicyclic) bond motifs is 3. The maximum Gasteiger partial charge on any atom is 0.227 e. The van der Waals surface area contributed by atoms with E-state index in [9.17, 15) is 0 Å². The van der Waals surface area contributed by atoms with Gasteiger partial charge in [-0.25, -0.2) is 4.98 Å². The Morgan fingerprint density at radius 3 is 2.03 bits per heavy atom. The van der Waals surface area contributed by atoms with Gasteiger partial charge in [-0.2, -0.15) is 0 Å². The lowest BCUT2D eigenvalue weighted by Gasteiger charge is -2.40. The Balaban J connectivity index is 1.15. The van der Waals surface area contributed by atoms with Gasteiger partial charge in [0.05, 0.1) is 11.4 Å². The molecular weight excluding hydrogens is 783 g/mol. The lowest BCUT2D eigenvalue weighted by molar-refractivity contribution is 0.167. The fourth-order valence-corrected chi connectivity index (χ4v) is 9.71. The van der Waals surface area contributed by atoms with Crippen molar-refractivity contribution in [2.45, 2.75) is 80.4 Å². The third kappa shape index (κ3) is 7.89. The van der Waals surface area contributed by atoms with Crippen molar-refractivity contribution in [3.63, 3.8) is 0 Å². The number of rotatable bonds is 8. The molecule has 1 aliphatic rings. The lowest BCUT2D eigenvalue weighted by atomic mass is 9.65. The predicted octanol–water partition coefficient (Wildman–Crippen LogP) is 16.4. The van der Waals surface area contributed by atoms with Crippen LogP contribution in [-0.4, -0.2) is 15.0 Å².